The zero-order valence-electron chi connectivity index (χ0n) is 17.3. The predicted molar refractivity (Wildman–Crippen MR) is 139 cm³/mol. The van der Waals surface area contributed by atoms with E-state index in [0.29, 0.717) is 11.4 Å². The maximum absolute atomic E-state index is 6.29. The van der Waals surface area contributed by atoms with Gasteiger partial charge in [0.15, 0.2) is 0 Å². The molecule has 0 bridgehead atoms. The second-order valence-electron chi connectivity index (χ2n) is 7.44. The van der Waals surface area contributed by atoms with Gasteiger partial charge in [0.2, 0.25) is 5.13 Å². The monoisotopic (exact) mass is 525 g/mol. The Morgan fingerprint density at radius 2 is 1.84 bits per heavy atom. The summed E-state index contributed by atoms with van der Waals surface area (Å²) >= 11 is 7.52. The Morgan fingerprint density at radius 1 is 1.06 bits per heavy atom. The third-order valence-electron chi connectivity index (χ3n) is 5.20. The lowest BCUT2D eigenvalue weighted by molar-refractivity contribution is 0.206. The van der Waals surface area contributed by atoms with Crippen LogP contribution in [0.15, 0.2) is 83.3 Å². The Hall–Kier alpha value is -2.67. The van der Waals surface area contributed by atoms with Crippen LogP contribution in [0.4, 0.5) is 5.13 Å². The molecule has 1 atom stereocenters. The Labute approximate surface area is 206 Å². The summed E-state index contributed by atoms with van der Waals surface area (Å²) < 4.78 is 6.29. The number of hydrogen-bond acceptors (Lipinski definition) is 5. The summed E-state index contributed by atoms with van der Waals surface area (Å²) in [6, 6.07) is 24.2. The number of nitrogens with one attached hydrogen (secondary N) is 1. The number of halogens is 2. The molecule has 162 valence electrons. The molecular weight excluding hydrogens is 506 g/mol. The van der Waals surface area contributed by atoms with Crippen molar-refractivity contribution in [3.63, 3.8) is 0 Å². The van der Waals surface area contributed by atoms with E-state index in [1.54, 1.807) is 0 Å². The zero-order valence-corrected chi connectivity index (χ0v) is 20.6. The first-order valence-corrected chi connectivity index (χ1v) is 11.3. The molecule has 0 saturated heterocycles. The number of aromatic nitrogens is 1. The topological polar surface area (TPSA) is 46.5 Å². The van der Waals surface area contributed by atoms with Crippen LogP contribution in [-0.4, -0.2) is 10.7 Å². The summed E-state index contributed by atoms with van der Waals surface area (Å²) in [6.07, 6.45) is 0.612. The van der Waals surface area contributed by atoms with Crippen LogP contribution in [0, 0.1) is 6.92 Å². The Morgan fingerprint density at radius 3 is 2.62 bits per heavy atom. The number of thiazole rings is 1. The van der Waals surface area contributed by atoms with Crippen molar-refractivity contribution in [2.75, 3.05) is 5.43 Å². The van der Waals surface area contributed by atoms with Crippen molar-refractivity contribution in [1.29, 1.82) is 0 Å². The molecule has 0 spiro atoms. The minimum absolute atomic E-state index is 0. The van der Waals surface area contributed by atoms with E-state index in [-0.39, 0.29) is 23.1 Å². The standard InChI is InChI=1S/C25H20ClN3OS.BrH/c1-16-7-12-23-20(13-16)21(14-24(30-23)18-5-3-2-4-6-18)28-29-25-27-22(15-31-25)17-8-10-19(26)11-9-17;/h2-13,15,24H,14H2,1H3,(H,27,29);1H. The molecule has 0 amide bonds. The molecule has 0 radical (unpaired) electrons. The van der Waals surface area contributed by atoms with Gasteiger partial charge >= 0.3 is 0 Å². The smallest absolute Gasteiger partial charge is 0.203 e. The quantitative estimate of drug-likeness (QED) is 0.277. The van der Waals surface area contributed by atoms with Crippen molar-refractivity contribution in [2.45, 2.75) is 19.4 Å². The predicted octanol–water partition coefficient (Wildman–Crippen LogP) is 7.69. The van der Waals surface area contributed by atoms with Gasteiger partial charge < -0.3 is 4.74 Å². The Balaban J connectivity index is 0.00000245. The van der Waals surface area contributed by atoms with Gasteiger partial charge in [-0.15, -0.1) is 28.3 Å². The molecule has 4 aromatic rings. The summed E-state index contributed by atoms with van der Waals surface area (Å²) in [5.74, 6) is 0.854. The molecule has 1 aliphatic rings. The highest BCUT2D eigenvalue weighted by atomic mass is 79.9. The molecule has 1 aromatic heterocycles. The van der Waals surface area contributed by atoms with E-state index < -0.39 is 0 Å². The van der Waals surface area contributed by atoms with Crippen molar-refractivity contribution in [1.82, 2.24) is 4.98 Å². The fourth-order valence-electron chi connectivity index (χ4n) is 3.61. The molecule has 7 heteroatoms. The highest BCUT2D eigenvalue weighted by Crippen LogP contribution is 2.36. The van der Waals surface area contributed by atoms with Gasteiger partial charge in [0.1, 0.15) is 11.9 Å². The van der Waals surface area contributed by atoms with Gasteiger partial charge in [-0.1, -0.05) is 65.7 Å². The molecule has 32 heavy (non-hydrogen) atoms. The van der Waals surface area contributed by atoms with Gasteiger partial charge in [-0.2, -0.15) is 5.10 Å². The van der Waals surface area contributed by atoms with Crippen LogP contribution in [0.25, 0.3) is 11.3 Å². The summed E-state index contributed by atoms with van der Waals surface area (Å²) in [6.45, 7) is 2.08. The molecule has 0 saturated carbocycles. The molecule has 1 unspecified atom stereocenters. The number of aryl methyl sites for hydroxylation is 1. The maximum Gasteiger partial charge on any atom is 0.203 e. The number of nitrogens with zero attached hydrogens (tertiary/aromatic N) is 2. The molecule has 0 fully saturated rings. The minimum atomic E-state index is -0.0714. The van der Waals surface area contributed by atoms with Crippen molar-refractivity contribution in [3.05, 3.63) is 99.9 Å². The number of rotatable bonds is 4. The molecule has 1 aliphatic heterocycles. The molecule has 5 rings (SSSR count). The summed E-state index contributed by atoms with van der Waals surface area (Å²) in [5.41, 5.74) is 9.38. The SMILES string of the molecule is Br.Cc1ccc2c(c1)C(=NNc1nc(-c3ccc(Cl)cc3)cs1)CC(c1ccccc1)O2. The average molecular weight is 527 g/mol. The first kappa shape index (κ1) is 22.5. The first-order valence-electron chi connectivity index (χ1n) is 10.0. The van der Waals surface area contributed by atoms with E-state index in [1.807, 2.05) is 53.9 Å². The summed E-state index contributed by atoms with van der Waals surface area (Å²) in [5, 5.41) is 8.22. The second-order valence-corrected chi connectivity index (χ2v) is 8.73. The van der Waals surface area contributed by atoms with Crippen LogP contribution in [0.1, 0.15) is 29.2 Å². The first-order chi connectivity index (χ1) is 15.2. The highest BCUT2D eigenvalue weighted by molar-refractivity contribution is 8.93. The highest BCUT2D eigenvalue weighted by Gasteiger charge is 2.26. The second kappa shape index (κ2) is 9.86. The van der Waals surface area contributed by atoms with Crippen LogP contribution >= 0.6 is 39.9 Å². The number of fused-ring (bicyclic) bond motifs is 1. The van der Waals surface area contributed by atoms with Gasteiger partial charge in [0.05, 0.1) is 11.4 Å². The van der Waals surface area contributed by atoms with Gasteiger partial charge in [-0.05, 0) is 36.8 Å². The van der Waals surface area contributed by atoms with Gasteiger partial charge in [0, 0.05) is 28.0 Å². The van der Waals surface area contributed by atoms with Crippen LogP contribution in [0.5, 0.6) is 5.75 Å². The van der Waals surface area contributed by atoms with E-state index in [9.17, 15) is 0 Å². The van der Waals surface area contributed by atoms with Gasteiger partial charge in [-0.3, -0.25) is 5.43 Å². The van der Waals surface area contributed by atoms with Crippen molar-refractivity contribution in [2.24, 2.45) is 5.10 Å². The lowest BCUT2D eigenvalue weighted by Gasteiger charge is -2.27. The minimum Gasteiger partial charge on any atom is -0.485 e. The molecule has 4 nitrogen and oxygen atoms in total. The van der Waals surface area contributed by atoms with Crippen molar-refractivity contribution in [3.8, 4) is 17.0 Å². The van der Waals surface area contributed by atoms with Crippen LogP contribution < -0.4 is 10.2 Å². The molecule has 3 aromatic carbocycles. The number of anilines is 1. The van der Waals surface area contributed by atoms with E-state index in [1.165, 1.54) is 16.9 Å². The number of ether oxygens (including phenoxy) is 1. The summed E-state index contributed by atoms with van der Waals surface area (Å²) in [7, 11) is 0. The van der Waals surface area contributed by atoms with E-state index in [4.69, 9.17) is 21.4 Å². The fraction of sp³-hybridized carbons (Fsp3) is 0.120. The van der Waals surface area contributed by atoms with Crippen LogP contribution in [-0.2, 0) is 0 Å². The number of hydrogen-bond donors (Lipinski definition) is 1. The summed E-state index contributed by atoms with van der Waals surface area (Å²) in [4.78, 5) is 4.67. The zero-order chi connectivity index (χ0) is 21.2. The van der Waals surface area contributed by atoms with Crippen molar-refractivity contribution < 1.29 is 4.74 Å². The lowest BCUT2D eigenvalue weighted by atomic mass is 9.94. The molecule has 0 aliphatic carbocycles. The third-order valence-corrected chi connectivity index (χ3v) is 6.19. The average Bonchev–Trinajstić information content (AvgIpc) is 3.27. The molecule has 1 N–H and O–H groups in total. The lowest BCUT2D eigenvalue weighted by Crippen LogP contribution is -2.22. The molecule has 2 heterocycles. The largest absolute Gasteiger partial charge is 0.485 e. The van der Waals surface area contributed by atoms with E-state index >= 15 is 0 Å². The molecular formula is C25H21BrClN3OS. The third kappa shape index (κ3) is 4.88. The van der Waals surface area contributed by atoms with Crippen molar-refractivity contribution >= 4 is 50.8 Å². The van der Waals surface area contributed by atoms with Gasteiger partial charge in [0.25, 0.3) is 0 Å². The fourth-order valence-corrected chi connectivity index (χ4v) is 4.39. The van der Waals surface area contributed by atoms with E-state index in [2.05, 4.69) is 41.6 Å². The van der Waals surface area contributed by atoms with Gasteiger partial charge in [-0.25, -0.2) is 4.98 Å². The normalized spacial score (nSPS) is 16.1. The van der Waals surface area contributed by atoms with Crippen LogP contribution in [0.2, 0.25) is 5.02 Å². The number of benzene rings is 3. The number of hydrazone groups is 1. The Bertz CT molecular complexity index is 1240. The van der Waals surface area contributed by atoms with E-state index in [0.717, 1.165) is 39.0 Å². The Kier molecular flexibility index (Phi) is 6.94. The maximum atomic E-state index is 6.29. The van der Waals surface area contributed by atoms with Crippen LogP contribution in [0.3, 0.4) is 0 Å².